The first-order valence-corrected chi connectivity index (χ1v) is 23.2. The quantitative estimate of drug-likeness (QED) is 0.0486. The van der Waals surface area contributed by atoms with E-state index in [1.54, 1.807) is 0 Å². The molecule has 0 radical (unpaired) electrons. The highest BCUT2D eigenvalue weighted by Gasteiger charge is 2.09. The topological polar surface area (TPSA) is 72.9 Å². The number of unbranched alkanes of at least 4 members (excludes halogenated alkanes) is 20. The van der Waals surface area contributed by atoms with Gasteiger partial charge in [-0.2, -0.15) is 0 Å². The summed E-state index contributed by atoms with van der Waals surface area (Å²) in [6, 6.07) is 0. The SMILES string of the molecule is CCCCCCOCCCCCCCCN(CCCCCCOCOCCCCCC)CCCN(CCO)CCCCCCOCOCCCCCC. The third kappa shape index (κ3) is 44.3. The molecule has 0 aromatic rings. The third-order valence-electron chi connectivity index (χ3n) is 10.2. The molecule has 0 unspecified atom stereocenters. The van der Waals surface area contributed by atoms with Crippen LogP contribution in [0, 0.1) is 0 Å². The summed E-state index contributed by atoms with van der Waals surface area (Å²) in [5.41, 5.74) is 0. The van der Waals surface area contributed by atoms with E-state index in [9.17, 15) is 5.11 Å². The molecule has 1 N–H and O–H groups in total. The molecule has 0 saturated carbocycles. The molecule has 0 aliphatic heterocycles. The lowest BCUT2D eigenvalue weighted by Crippen LogP contribution is -2.33. The van der Waals surface area contributed by atoms with E-state index in [0.717, 1.165) is 91.5 Å². The van der Waals surface area contributed by atoms with Crippen LogP contribution in [0.2, 0.25) is 0 Å². The fraction of sp³-hybridized carbons (Fsp3) is 1.00. The van der Waals surface area contributed by atoms with E-state index < -0.39 is 0 Å². The van der Waals surface area contributed by atoms with Crippen LogP contribution in [0.15, 0.2) is 0 Å². The van der Waals surface area contributed by atoms with Gasteiger partial charge >= 0.3 is 0 Å². The van der Waals surface area contributed by atoms with Crippen LogP contribution < -0.4 is 0 Å². The Hall–Kier alpha value is -0.320. The van der Waals surface area contributed by atoms with Crippen molar-refractivity contribution in [3.8, 4) is 0 Å². The van der Waals surface area contributed by atoms with Crippen molar-refractivity contribution in [2.45, 2.75) is 194 Å². The van der Waals surface area contributed by atoms with Crippen LogP contribution in [0.3, 0.4) is 0 Å². The van der Waals surface area contributed by atoms with Crippen LogP contribution in [-0.4, -0.2) is 114 Å². The second-order valence-electron chi connectivity index (χ2n) is 15.4. The molecule has 0 bridgehead atoms. The van der Waals surface area contributed by atoms with Crippen LogP contribution >= 0.6 is 0 Å². The van der Waals surface area contributed by atoms with Gasteiger partial charge in [0.15, 0.2) is 0 Å². The summed E-state index contributed by atoms with van der Waals surface area (Å²) >= 11 is 0. The molecule has 8 heteroatoms. The van der Waals surface area contributed by atoms with Crippen molar-refractivity contribution < 1.29 is 28.8 Å². The van der Waals surface area contributed by atoms with Crippen LogP contribution in [0.1, 0.15) is 194 Å². The largest absolute Gasteiger partial charge is 0.395 e. The van der Waals surface area contributed by atoms with Crippen LogP contribution in [0.5, 0.6) is 0 Å². The summed E-state index contributed by atoms with van der Waals surface area (Å²) in [7, 11) is 0. The minimum Gasteiger partial charge on any atom is -0.395 e. The smallest absolute Gasteiger partial charge is 0.146 e. The van der Waals surface area contributed by atoms with Gasteiger partial charge in [0.05, 0.1) is 6.61 Å². The lowest BCUT2D eigenvalue weighted by Gasteiger charge is -2.26. The zero-order chi connectivity index (χ0) is 38.4. The predicted molar refractivity (Wildman–Crippen MR) is 226 cm³/mol. The van der Waals surface area contributed by atoms with E-state index in [4.69, 9.17) is 23.7 Å². The highest BCUT2D eigenvalue weighted by molar-refractivity contribution is 4.64. The van der Waals surface area contributed by atoms with Crippen molar-refractivity contribution in [1.82, 2.24) is 9.80 Å². The predicted octanol–water partition coefficient (Wildman–Crippen LogP) is 11.2. The van der Waals surface area contributed by atoms with Crippen LogP contribution in [0.4, 0.5) is 0 Å². The monoisotopic (exact) mass is 759 g/mol. The molecule has 0 amide bonds. The van der Waals surface area contributed by atoms with Gasteiger partial charge in [0.1, 0.15) is 13.6 Å². The third-order valence-corrected chi connectivity index (χ3v) is 10.2. The van der Waals surface area contributed by atoms with E-state index in [1.165, 1.54) is 161 Å². The van der Waals surface area contributed by atoms with E-state index in [-0.39, 0.29) is 6.61 Å². The lowest BCUT2D eigenvalue weighted by atomic mass is 10.1. The van der Waals surface area contributed by atoms with Crippen molar-refractivity contribution in [3.05, 3.63) is 0 Å². The van der Waals surface area contributed by atoms with Crippen LogP contribution in [-0.2, 0) is 23.7 Å². The van der Waals surface area contributed by atoms with Crippen LogP contribution in [0.25, 0.3) is 0 Å². The summed E-state index contributed by atoms with van der Waals surface area (Å²) < 4.78 is 28.4. The van der Waals surface area contributed by atoms with Gasteiger partial charge in [0.2, 0.25) is 0 Å². The summed E-state index contributed by atoms with van der Waals surface area (Å²) in [5.74, 6) is 0. The minimum absolute atomic E-state index is 0.246. The molecule has 8 nitrogen and oxygen atoms in total. The summed E-state index contributed by atoms with van der Waals surface area (Å²) in [6.07, 6.45) is 33.7. The van der Waals surface area contributed by atoms with Crippen molar-refractivity contribution in [3.63, 3.8) is 0 Å². The Morgan fingerprint density at radius 1 is 0.283 bits per heavy atom. The molecule has 0 heterocycles. The average molecular weight is 759 g/mol. The van der Waals surface area contributed by atoms with Gasteiger partial charge in [0.25, 0.3) is 0 Å². The number of hydrogen-bond donors (Lipinski definition) is 1. The summed E-state index contributed by atoms with van der Waals surface area (Å²) in [5, 5.41) is 9.72. The standard InChI is InChI=1S/C45H94N2O6/c1-4-7-10-24-38-49-39-27-18-14-13-15-21-31-46(32-22-16-19-28-42-52-44-50-40-25-11-8-5-2)34-30-35-47(36-37-48)33-23-17-20-29-43-53-45-51-41-26-12-9-6-3/h48H,4-45H2,1-3H3. The van der Waals surface area contributed by atoms with Gasteiger partial charge in [-0.25, -0.2) is 0 Å². The fourth-order valence-corrected chi connectivity index (χ4v) is 6.71. The Bertz CT molecular complexity index is 616. The lowest BCUT2D eigenvalue weighted by molar-refractivity contribution is -0.0557. The molecule has 0 aromatic carbocycles. The zero-order valence-electron chi connectivity index (χ0n) is 36.1. The molecule has 0 atom stereocenters. The fourth-order valence-electron chi connectivity index (χ4n) is 6.71. The van der Waals surface area contributed by atoms with Gasteiger partial charge in [-0.15, -0.1) is 0 Å². The molecule has 53 heavy (non-hydrogen) atoms. The molecule has 0 aromatic heterocycles. The van der Waals surface area contributed by atoms with E-state index in [2.05, 4.69) is 30.6 Å². The van der Waals surface area contributed by atoms with Crippen molar-refractivity contribution in [1.29, 1.82) is 0 Å². The molecule has 0 saturated heterocycles. The van der Waals surface area contributed by atoms with Crippen molar-refractivity contribution in [2.75, 3.05) is 99.1 Å². The Balaban J connectivity index is 4.23. The number of aliphatic hydroxyl groups excluding tert-OH is 1. The Morgan fingerprint density at radius 2 is 0.547 bits per heavy atom. The number of ether oxygens (including phenoxy) is 5. The van der Waals surface area contributed by atoms with Gasteiger partial charge in [-0.3, -0.25) is 0 Å². The highest BCUT2D eigenvalue weighted by Crippen LogP contribution is 2.11. The molecule has 0 spiro atoms. The maximum Gasteiger partial charge on any atom is 0.146 e. The number of aliphatic hydroxyl groups is 1. The number of nitrogens with zero attached hydrogens (tertiary/aromatic N) is 2. The van der Waals surface area contributed by atoms with E-state index >= 15 is 0 Å². The molecule has 0 aliphatic carbocycles. The highest BCUT2D eigenvalue weighted by atomic mass is 16.7. The normalized spacial score (nSPS) is 11.9. The average Bonchev–Trinajstić information content (AvgIpc) is 3.16. The summed E-state index contributed by atoms with van der Waals surface area (Å²) in [6.45, 7) is 19.5. The summed E-state index contributed by atoms with van der Waals surface area (Å²) in [4.78, 5) is 5.20. The molecule has 0 fully saturated rings. The van der Waals surface area contributed by atoms with Gasteiger partial charge < -0.3 is 38.6 Å². The van der Waals surface area contributed by atoms with Crippen molar-refractivity contribution in [2.24, 2.45) is 0 Å². The number of hydrogen-bond acceptors (Lipinski definition) is 8. The number of rotatable bonds is 48. The van der Waals surface area contributed by atoms with E-state index in [0.29, 0.717) is 13.6 Å². The second-order valence-corrected chi connectivity index (χ2v) is 15.4. The first-order chi connectivity index (χ1) is 26.3. The molecular formula is C45H94N2O6. The van der Waals surface area contributed by atoms with Crippen molar-refractivity contribution >= 4 is 0 Å². The maximum absolute atomic E-state index is 9.72. The van der Waals surface area contributed by atoms with Gasteiger partial charge in [-0.05, 0) is 96.9 Å². The Morgan fingerprint density at radius 3 is 0.887 bits per heavy atom. The Labute approximate surface area is 331 Å². The molecule has 320 valence electrons. The van der Waals surface area contributed by atoms with Gasteiger partial charge in [0, 0.05) is 46.2 Å². The van der Waals surface area contributed by atoms with Gasteiger partial charge in [-0.1, -0.05) is 130 Å². The maximum atomic E-state index is 9.72. The first-order valence-electron chi connectivity index (χ1n) is 23.2. The first kappa shape index (κ1) is 52.7. The second kappa shape index (κ2) is 47.8. The minimum atomic E-state index is 0.246. The molecule has 0 rings (SSSR count). The Kier molecular flexibility index (Phi) is 47.5. The van der Waals surface area contributed by atoms with E-state index in [1.807, 2.05) is 0 Å². The molecule has 0 aliphatic rings. The molecular weight excluding hydrogens is 665 g/mol. The zero-order valence-corrected chi connectivity index (χ0v) is 36.1.